The Morgan fingerprint density at radius 2 is 1.91 bits per heavy atom. The van der Waals surface area contributed by atoms with Crippen molar-refractivity contribution in [1.82, 2.24) is 0 Å². The molecule has 1 saturated heterocycles. The lowest BCUT2D eigenvalue weighted by Crippen LogP contribution is -2.36. The molecule has 2 rings (SSSR count). The number of aliphatic hydroxyl groups is 3. The molecule has 1 aromatic rings. The highest BCUT2D eigenvalue weighted by molar-refractivity contribution is 5.96. The average Bonchev–Trinajstić information content (AvgIpc) is 2.77. The zero-order valence-corrected chi connectivity index (χ0v) is 12.7. The first kappa shape index (κ1) is 16.7. The van der Waals surface area contributed by atoms with Crippen molar-refractivity contribution in [3.8, 4) is 0 Å². The number of aryl methyl sites for hydroxylation is 2. The lowest BCUT2D eigenvalue weighted by molar-refractivity contribution is -0.0153. The highest BCUT2D eigenvalue weighted by atomic mass is 16.6. The summed E-state index contributed by atoms with van der Waals surface area (Å²) in [4.78, 5) is 11.9. The maximum atomic E-state index is 11.9. The van der Waals surface area contributed by atoms with E-state index in [-0.39, 0.29) is 0 Å². The number of hydrogen-bond donors (Lipinski definition) is 4. The van der Waals surface area contributed by atoms with Gasteiger partial charge in [0.05, 0.1) is 25.0 Å². The van der Waals surface area contributed by atoms with Gasteiger partial charge < -0.3 is 30.1 Å². The molecule has 7 nitrogen and oxygen atoms in total. The summed E-state index contributed by atoms with van der Waals surface area (Å²) in [6, 6.07) is 3.43. The van der Waals surface area contributed by atoms with Crippen molar-refractivity contribution in [2.45, 2.75) is 38.4 Å². The van der Waals surface area contributed by atoms with Crippen LogP contribution in [0.5, 0.6) is 0 Å². The van der Waals surface area contributed by atoms with Crippen molar-refractivity contribution in [2.75, 3.05) is 19.0 Å². The predicted octanol–water partition coefficient (Wildman–Crippen LogP) is -0.0591. The minimum Gasteiger partial charge on any atom is -0.465 e. The van der Waals surface area contributed by atoms with Crippen molar-refractivity contribution < 1.29 is 29.6 Å². The lowest BCUT2D eigenvalue weighted by Gasteiger charge is -2.20. The van der Waals surface area contributed by atoms with Crippen molar-refractivity contribution in [1.29, 1.82) is 0 Å². The first-order valence-electron chi connectivity index (χ1n) is 6.97. The molecule has 0 spiro atoms. The van der Waals surface area contributed by atoms with Gasteiger partial charge in [0, 0.05) is 0 Å². The van der Waals surface area contributed by atoms with E-state index in [1.807, 2.05) is 13.8 Å². The van der Waals surface area contributed by atoms with Crippen LogP contribution in [0.3, 0.4) is 0 Å². The molecule has 1 fully saturated rings. The first-order chi connectivity index (χ1) is 10.4. The number of nitrogens with one attached hydrogen (secondary N) is 1. The molecule has 0 saturated carbocycles. The summed E-state index contributed by atoms with van der Waals surface area (Å²) in [5, 5.41) is 31.7. The maximum absolute atomic E-state index is 11.9. The molecule has 0 radical (unpaired) electrons. The highest BCUT2D eigenvalue weighted by Gasteiger charge is 2.42. The van der Waals surface area contributed by atoms with Crippen LogP contribution in [0.1, 0.15) is 21.5 Å². The van der Waals surface area contributed by atoms with Crippen LogP contribution in [-0.2, 0) is 9.47 Å². The molecule has 4 atom stereocenters. The molecule has 4 N–H and O–H groups in total. The molecule has 0 bridgehead atoms. The van der Waals surface area contributed by atoms with Crippen molar-refractivity contribution >= 4 is 11.7 Å². The fourth-order valence-electron chi connectivity index (χ4n) is 2.39. The van der Waals surface area contributed by atoms with Crippen LogP contribution >= 0.6 is 0 Å². The quantitative estimate of drug-likeness (QED) is 0.577. The highest BCUT2D eigenvalue weighted by Crippen LogP contribution is 2.27. The summed E-state index contributed by atoms with van der Waals surface area (Å²) in [6.07, 6.45) is -4.22. The number of ether oxygens (including phenoxy) is 2. The van der Waals surface area contributed by atoms with Gasteiger partial charge in [-0.2, -0.15) is 0 Å². The van der Waals surface area contributed by atoms with E-state index in [0.29, 0.717) is 11.3 Å². The van der Waals surface area contributed by atoms with Gasteiger partial charge in [-0.1, -0.05) is 0 Å². The molecule has 0 unspecified atom stereocenters. The molecular weight excluding hydrogens is 290 g/mol. The molecular formula is C15H21NO6. The topological polar surface area (TPSA) is 108 Å². The normalized spacial score (nSPS) is 27.7. The van der Waals surface area contributed by atoms with Gasteiger partial charge in [0.2, 0.25) is 0 Å². The Hall–Kier alpha value is -1.67. The standard InChI is InChI=1S/C15H21NO6/c1-7-4-9(15(20)21-3)10(5-8(7)2)16-14-13(19)12(18)11(6-17)22-14/h4-5,11-14,16-19H,6H2,1-3H3/t11-,12-,13-,14-/m1/s1. The van der Waals surface area contributed by atoms with Gasteiger partial charge in [0.1, 0.15) is 18.3 Å². The second-order valence-corrected chi connectivity index (χ2v) is 5.38. The number of aliphatic hydroxyl groups excluding tert-OH is 3. The molecule has 0 aromatic heterocycles. The van der Waals surface area contributed by atoms with Gasteiger partial charge in [-0.05, 0) is 37.1 Å². The van der Waals surface area contributed by atoms with Crippen LogP contribution in [0.25, 0.3) is 0 Å². The predicted molar refractivity (Wildman–Crippen MR) is 78.6 cm³/mol. The molecule has 0 aliphatic carbocycles. The maximum Gasteiger partial charge on any atom is 0.339 e. The van der Waals surface area contributed by atoms with E-state index >= 15 is 0 Å². The Bertz CT molecular complexity index is 561. The van der Waals surface area contributed by atoms with Crippen molar-refractivity contribution in [3.05, 3.63) is 28.8 Å². The minimum atomic E-state index is -1.22. The zero-order valence-electron chi connectivity index (χ0n) is 12.7. The Morgan fingerprint density at radius 3 is 2.45 bits per heavy atom. The van der Waals surface area contributed by atoms with E-state index in [1.54, 1.807) is 12.1 Å². The number of carbonyl (C=O) groups excluding carboxylic acids is 1. The fraction of sp³-hybridized carbons (Fsp3) is 0.533. The van der Waals surface area contributed by atoms with Crippen LogP contribution < -0.4 is 5.32 Å². The average molecular weight is 311 g/mol. The molecule has 122 valence electrons. The molecule has 22 heavy (non-hydrogen) atoms. The number of esters is 1. The molecule has 1 aliphatic rings. The third-order valence-corrected chi connectivity index (χ3v) is 3.88. The third-order valence-electron chi connectivity index (χ3n) is 3.88. The Labute approximate surface area is 128 Å². The SMILES string of the molecule is COC(=O)c1cc(C)c(C)cc1N[C@@H]1O[C@H](CO)[C@@H](O)[C@H]1O. The van der Waals surface area contributed by atoms with Crippen LogP contribution in [0.2, 0.25) is 0 Å². The second kappa shape index (κ2) is 6.62. The number of anilines is 1. The molecule has 7 heteroatoms. The van der Waals surface area contributed by atoms with Crippen LogP contribution in [0.4, 0.5) is 5.69 Å². The number of carbonyl (C=O) groups is 1. The monoisotopic (exact) mass is 311 g/mol. The number of benzene rings is 1. The number of methoxy groups -OCH3 is 1. The molecule has 0 amide bonds. The van der Waals surface area contributed by atoms with E-state index in [9.17, 15) is 15.0 Å². The molecule has 1 aromatic carbocycles. The summed E-state index contributed by atoms with van der Waals surface area (Å²) < 4.78 is 10.1. The van der Waals surface area contributed by atoms with Gasteiger partial charge in [0.25, 0.3) is 0 Å². The van der Waals surface area contributed by atoms with E-state index in [1.165, 1.54) is 7.11 Å². The summed E-state index contributed by atoms with van der Waals surface area (Å²) in [6.45, 7) is 3.35. The van der Waals surface area contributed by atoms with Crippen molar-refractivity contribution in [3.63, 3.8) is 0 Å². The smallest absolute Gasteiger partial charge is 0.339 e. The van der Waals surface area contributed by atoms with E-state index in [2.05, 4.69) is 5.32 Å². The summed E-state index contributed by atoms with van der Waals surface area (Å²) >= 11 is 0. The van der Waals surface area contributed by atoms with E-state index < -0.39 is 37.1 Å². The number of hydrogen-bond acceptors (Lipinski definition) is 7. The summed E-state index contributed by atoms with van der Waals surface area (Å²) in [5.41, 5.74) is 2.61. The fourth-order valence-corrected chi connectivity index (χ4v) is 2.39. The van der Waals surface area contributed by atoms with Crippen molar-refractivity contribution in [2.24, 2.45) is 0 Å². The Balaban J connectivity index is 2.29. The van der Waals surface area contributed by atoms with Gasteiger partial charge in [-0.25, -0.2) is 4.79 Å². The van der Waals surface area contributed by atoms with E-state index in [4.69, 9.17) is 14.6 Å². The third kappa shape index (κ3) is 3.07. The lowest BCUT2D eigenvalue weighted by atomic mass is 10.0. The van der Waals surface area contributed by atoms with E-state index in [0.717, 1.165) is 11.1 Å². The van der Waals surface area contributed by atoms with Crippen LogP contribution in [0, 0.1) is 13.8 Å². The van der Waals surface area contributed by atoms with Crippen LogP contribution in [0.15, 0.2) is 12.1 Å². The van der Waals surface area contributed by atoms with Gasteiger partial charge in [0.15, 0.2) is 6.23 Å². The molecule has 1 heterocycles. The second-order valence-electron chi connectivity index (χ2n) is 5.38. The first-order valence-corrected chi connectivity index (χ1v) is 6.97. The van der Waals surface area contributed by atoms with Gasteiger partial charge in [-0.3, -0.25) is 0 Å². The van der Waals surface area contributed by atoms with Crippen LogP contribution in [-0.4, -0.2) is 59.5 Å². The van der Waals surface area contributed by atoms with Gasteiger partial charge in [-0.15, -0.1) is 0 Å². The Morgan fingerprint density at radius 1 is 1.27 bits per heavy atom. The minimum absolute atomic E-state index is 0.309. The number of rotatable bonds is 4. The summed E-state index contributed by atoms with van der Waals surface area (Å²) in [5.74, 6) is -0.516. The largest absolute Gasteiger partial charge is 0.465 e. The molecule has 1 aliphatic heterocycles. The Kier molecular flexibility index (Phi) is 5.02. The summed E-state index contributed by atoms with van der Waals surface area (Å²) in [7, 11) is 1.29. The van der Waals surface area contributed by atoms with Gasteiger partial charge >= 0.3 is 5.97 Å². The zero-order chi connectivity index (χ0) is 16.4.